The van der Waals surface area contributed by atoms with Gasteiger partial charge in [-0.15, -0.1) is 0 Å². The Morgan fingerprint density at radius 3 is 1.30 bits per heavy atom. The van der Waals surface area contributed by atoms with Gasteiger partial charge >= 0.3 is 41.5 Å². The molecular formula is C15H34NaO10P. The molecule has 0 amide bonds. The Morgan fingerprint density at radius 1 is 0.741 bits per heavy atom. The van der Waals surface area contributed by atoms with Crippen molar-refractivity contribution in [3.05, 3.63) is 0 Å². The van der Waals surface area contributed by atoms with Crippen LogP contribution in [0.4, 0.5) is 0 Å². The van der Waals surface area contributed by atoms with Crippen LogP contribution in [-0.2, 0) is 9.09 Å². The van der Waals surface area contributed by atoms with E-state index in [1.165, 1.54) is 51.4 Å². The van der Waals surface area contributed by atoms with E-state index in [0.29, 0.717) is 6.42 Å². The second-order valence-electron chi connectivity index (χ2n) is 6.11. The minimum Gasteiger partial charge on any atom is -0.756 e. The standard InChI is InChI=1S/C13H29O4P.C2H6O6.Na/c1-2-3-4-5-6-7-8-9-10-11-12-13-17-18(14,15)16;3-1(4,5)2(6,7)8;/h2-13H2,1H3,(H2,14,15,16);3-8H;/q;;+1/p-1. The van der Waals surface area contributed by atoms with Gasteiger partial charge in [0, 0.05) is 0 Å². The van der Waals surface area contributed by atoms with Crippen LogP contribution in [0.15, 0.2) is 0 Å². The normalized spacial score (nSPS) is 14.0. The molecule has 0 bridgehead atoms. The molecule has 12 heteroatoms. The summed E-state index contributed by atoms with van der Waals surface area (Å²) >= 11 is 0. The molecule has 0 aromatic heterocycles. The second-order valence-corrected chi connectivity index (χ2v) is 7.30. The number of unbranched alkanes of at least 4 members (excludes halogenated alkanes) is 10. The molecule has 0 saturated carbocycles. The minimum atomic E-state index is -4.50. The van der Waals surface area contributed by atoms with Crippen molar-refractivity contribution >= 4 is 7.82 Å². The summed E-state index contributed by atoms with van der Waals surface area (Å²) in [5.41, 5.74) is 0. The fraction of sp³-hybridized carbons (Fsp3) is 1.00. The van der Waals surface area contributed by atoms with Crippen LogP contribution in [0.1, 0.15) is 77.6 Å². The molecule has 0 heterocycles. The van der Waals surface area contributed by atoms with Crippen LogP contribution in [0, 0.1) is 0 Å². The summed E-state index contributed by atoms with van der Waals surface area (Å²) in [6.45, 7) is 2.33. The maximum atomic E-state index is 10.3. The maximum Gasteiger partial charge on any atom is 1.00 e. The molecule has 0 fully saturated rings. The molecule has 0 aromatic carbocycles. The zero-order valence-electron chi connectivity index (χ0n) is 16.3. The Hall–Kier alpha value is 0.870. The molecule has 10 nitrogen and oxygen atoms in total. The first-order valence-corrected chi connectivity index (χ1v) is 10.3. The average molecular weight is 428 g/mol. The Morgan fingerprint density at radius 2 is 1.04 bits per heavy atom. The van der Waals surface area contributed by atoms with Crippen LogP contribution in [-0.4, -0.2) is 54.1 Å². The van der Waals surface area contributed by atoms with Crippen molar-refractivity contribution in [1.82, 2.24) is 0 Å². The van der Waals surface area contributed by atoms with E-state index in [9.17, 15) is 9.46 Å². The van der Waals surface area contributed by atoms with Gasteiger partial charge in [-0.05, 0) is 6.42 Å². The van der Waals surface area contributed by atoms with Gasteiger partial charge in [0.25, 0.3) is 7.82 Å². The van der Waals surface area contributed by atoms with E-state index >= 15 is 0 Å². The van der Waals surface area contributed by atoms with Crippen LogP contribution in [0.2, 0.25) is 0 Å². The molecule has 0 spiro atoms. The summed E-state index contributed by atoms with van der Waals surface area (Å²) in [6, 6.07) is 0. The van der Waals surface area contributed by atoms with Crippen LogP contribution in [0.5, 0.6) is 0 Å². The van der Waals surface area contributed by atoms with Crippen molar-refractivity contribution in [3.8, 4) is 0 Å². The van der Waals surface area contributed by atoms with Crippen molar-refractivity contribution in [2.45, 2.75) is 89.5 Å². The second kappa shape index (κ2) is 17.7. The van der Waals surface area contributed by atoms with E-state index in [0.717, 1.165) is 12.8 Å². The summed E-state index contributed by atoms with van der Waals surface area (Å²) in [5, 5.41) is 46.3. The first-order valence-electron chi connectivity index (χ1n) is 8.84. The molecule has 7 N–H and O–H groups in total. The van der Waals surface area contributed by atoms with Crippen molar-refractivity contribution in [2.75, 3.05) is 6.61 Å². The first kappa shape index (κ1) is 32.5. The van der Waals surface area contributed by atoms with Crippen molar-refractivity contribution < 1.29 is 79.1 Å². The molecule has 1 unspecified atom stereocenters. The van der Waals surface area contributed by atoms with Gasteiger partial charge in [-0.3, -0.25) is 4.57 Å². The Balaban J connectivity index is -0.000000542. The van der Waals surface area contributed by atoms with E-state index in [1.54, 1.807) is 0 Å². The van der Waals surface area contributed by atoms with E-state index in [-0.39, 0.29) is 36.2 Å². The number of hydrogen-bond donors (Lipinski definition) is 7. The molecule has 27 heavy (non-hydrogen) atoms. The topological polar surface area (TPSA) is 191 Å². The van der Waals surface area contributed by atoms with Crippen molar-refractivity contribution in [3.63, 3.8) is 0 Å². The molecule has 0 saturated heterocycles. The fourth-order valence-electron chi connectivity index (χ4n) is 1.95. The van der Waals surface area contributed by atoms with E-state index in [4.69, 9.17) is 35.5 Å². The van der Waals surface area contributed by atoms with Gasteiger partial charge in [0.2, 0.25) is 0 Å². The van der Waals surface area contributed by atoms with Crippen LogP contribution < -0.4 is 34.5 Å². The van der Waals surface area contributed by atoms with Gasteiger partial charge in [0.15, 0.2) is 0 Å². The zero-order chi connectivity index (χ0) is 20.7. The van der Waals surface area contributed by atoms with Crippen molar-refractivity contribution in [2.24, 2.45) is 0 Å². The van der Waals surface area contributed by atoms with Crippen molar-refractivity contribution in [1.29, 1.82) is 0 Å². The summed E-state index contributed by atoms with van der Waals surface area (Å²) in [6.07, 6.45) is 13.3. The number of phosphoric ester groups is 1. The number of hydrogen-bond acceptors (Lipinski definition) is 9. The average Bonchev–Trinajstić information content (AvgIpc) is 2.46. The van der Waals surface area contributed by atoms with Gasteiger partial charge < -0.3 is 44.9 Å². The minimum absolute atomic E-state index is 0. The predicted molar refractivity (Wildman–Crippen MR) is 91.0 cm³/mol. The summed E-state index contributed by atoms with van der Waals surface area (Å²) in [7, 11) is -4.50. The molecule has 1 atom stereocenters. The third kappa shape index (κ3) is 26.9. The summed E-state index contributed by atoms with van der Waals surface area (Å²) in [5.74, 6) is -7.79. The molecule has 0 aliphatic heterocycles. The third-order valence-corrected chi connectivity index (χ3v) is 3.96. The fourth-order valence-corrected chi connectivity index (χ4v) is 2.31. The Kier molecular flexibility index (Phi) is 21.3. The summed E-state index contributed by atoms with van der Waals surface area (Å²) in [4.78, 5) is 18.6. The molecule has 160 valence electrons. The number of phosphoric acid groups is 1. The third-order valence-electron chi connectivity index (χ3n) is 3.45. The zero-order valence-corrected chi connectivity index (χ0v) is 19.2. The van der Waals surface area contributed by atoms with Gasteiger partial charge in [-0.25, -0.2) is 0 Å². The monoisotopic (exact) mass is 428 g/mol. The SMILES string of the molecule is CCCCCCCCCCCCCOP(=O)([O-])O.OC(O)(O)C(O)(O)O.[Na+]. The summed E-state index contributed by atoms with van der Waals surface area (Å²) < 4.78 is 14.5. The van der Waals surface area contributed by atoms with E-state index in [2.05, 4.69) is 11.4 Å². The van der Waals surface area contributed by atoms with Gasteiger partial charge in [-0.1, -0.05) is 71.1 Å². The molecule has 0 aliphatic rings. The van der Waals surface area contributed by atoms with E-state index < -0.39 is 19.8 Å². The van der Waals surface area contributed by atoms with Crippen LogP contribution >= 0.6 is 7.82 Å². The number of rotatable bonds is 14. The van der Waals surface area contributed by atoms with Crippen LogP contribution in [0.25, 0.3) is 0 Å². The largest absolute Gasteiger partial charge is 1.00 e. The van der Waals surface area contributed by atoms with E-state index in [1.807, 2.05) is 0 Å². The van der Waals surface area contributed by atoms with Crippen LogP contribution in [0.3, 0.4) is 0 Å². The van der Waals surface area contributed by atoms with Gasteiger partial charge in [-0.2, -0.15) is 0 Å². The molecular weight excluding hydrogens is 394 g/mol. The Labute approximate surface area is 182 Å². The smallest absolute Gasteiger partial charge is 0.756 e. The molecule has 0 radical (unpaired) electrons. The van der Waals surface area contributed by atoms with Gasteiger partial charge in [0.05, 0.1) is 6.61 Å². The Bertz CT molecular complexity index is 353. The maximum absolute atomic E-state index is 10.3. The molecule has 0 rings (SSSR count). The van der Waals surface area contributed by atoms with Gasteiger partial charge in [0.1, 0.15) is 0 Å². The quantitative estimate of drug-likeness (QED) is 0.0650. The first-order chi connectivity index (χ1) is 11.8. The molecule has 0 aliphatic carbocycles. The number of aliphatic hydroxyl groups is 6. The predicted octanol–water partition coefficient (Wildman–Crippen LogP) is -2.97. The molecule has 0 aromatic rings.